The molecule has 6 nitrogen and oxygen atoms in total. The summed E-state index contributed by atoms with van der Waals surface area (Å²) < 4.78 is 18.4. The number of carbonyl (C=O) groups excluding carboxylic acids is 1. The van der Waals surface area contributed by atoms with E-state index in [-0.39, 0.29) is 17.2 Å². The van der Waals surface area contributed by atoms with Gasteiger partial charge in [0.25, 0.3) is 5.91 Å². The Balaban J connectivity index is 1.97. The van der Waals surface area contributed by atoms with Gasteiger partial charge in [-0.05, 0) is 35.0 Å². The first kappa shape index (κ1) is 14.4. The summed E-state index contributed by atoms with van der Waals surface area (Å²) >= 11 is 3.12. The molecule has 106 valence electrons. The lowest BCUT2D eigenvalue weighted by atomic mass is 10.2. The van der Waals surface area contributed by atoms with Crippen LogP contribution in [-0.2, 0) is 6.42 Å². The molecule has 3 N–H and O–H groups in total. The minimum atomic E-state index is -0.574. The number of aromatic nitrogens is 2. The molecule has 1 aromatic heterocycles. The second-order valence-electron chi connectivity index (χ2n) is 4.09. The minimum absolute atomic E-state index is 0.0779. The maximum atomic E-state index is 13.2. The normalized spacial score (nSPS) is 10.6. The van der Waals surface area contributed by atoms with Crippen molar-refractivity contribution in [2.75, 3.05) is 12.3 Å². The predicted octanol–water partition coefficient (Wildman–Crippen LogP) is 1.83. The molecule has 0 saturated heterocycles. The van der Waals surface area contributed by atoms with Gasteiger partial charge in [-0.3, -0.25) is 4.79 Å². The lowest BCUT2D eigenvalue weighted by molar-refractivity contribution is 0.0952. The summed E-state index contributed by atoms with van der Waals surface area (Å²) in [5.74, 6) is 0.0513. The molecule has 20 heavy (non-hydrogen) atoms. The first-order valence-electron chi connectivity index (χ1n) is 5.79. The molecule has 2 rings (SSSR count). The highest BCUT2D eigenvalue weighted by Gasteiger charge is 2.13. The van der Waals surface area contributed by atoms with Gasteiger partial charge in [-0.15, -0.1) is 0 Å². The van der Waals surface area contributed by atoms with E-state index >= 15 is 0 Å². The number of nitrogens with one attached hydrogen (secondary N) is 1. The molecule has 0 aliphatic heterocycles. The molecule has 1 aromatic carbocycles. The summed E-state index contributed by atoms with van der Waals surface area (Å²) in [4.78, 5) is 16.0. The number of aryl methyl sites for hydroxylation is 1. The Labute approximate surface area is 122 Å². The van der Waals surface area contributed by atoms with E-state index in [2.05, 4.69) is 31.4 Å². The molecule has 1 amide bonds. The number of hydrogen-bond donors (Lipinski definition) is 2. The van der Waals surface area contributed by atoms with Crippen LogP contribution < -0.4 is 11.1 Å². The summed E-state index contributed by atoms with van der Waals surface area (Å²) in [5.41, 5.74) is 5.63. The highest BCUT2D eigenvalue weighted by Crippen LogP contribution is 2.22. The van der Waals surface area contributed by atoms with Crippen molar-refractivity contribution in [3.63, 3.8) is 0 Å². The monoisotopic (exact) mass is 342 g/mol. The summed E-state index contributed by atoms with van der Waals surface area (Å²) in [6.45, 7) is 2.04. The average molecular weight is 343 g/mol. The zero-order chi connectivity index (χ0) is 14.7. The van der Waals surface area contributed by atoms with Gasteiger partial charge < -0.3 is 15.6 Å². The first-order valence-corrected chi connectivity index (χ1v) is 6.58. The standard InChI is InChI=1S/C12H12BrFN4O2/c1-6-17-11(20-18-6)2-3-16-12(19)7-4-10(15)9(14)5-8(7)13/h4-5H,2-3,15H2,1H3,(H,16,19). The molecule has 0 unspecified atom stereocenters. The summed E-state index contributed by atoms with van der Waals surface area (Å²) in [5, 5.41) is 6.31. The number of rotatable bonds is 4. The Morgan fingerprint density at radius 2 is 2.30 bits per heavy atom. The second-order valence-corrected chi connectivity index (χ2v) is 4.95. The second kappa shape index (κ2) is 6.00. The van der Waals surface area contributed by atoms with Gasteiger partial charge in [-0.25, -0.2) is 4.39 Å². The van der Waals surface area contributed by atoms with Crippen LogP contribution in [0.2, 0.25) is 0 Å². The highest BCUT2D eigenvalue weighted by molar-refractivity contribution is 9.10. The number of carbonyl (C=O) groups is 1. The van der Waals surface area contributed by atoms with Gasteiger partial charge in [-0.1, -0.05) is 5.16 Å². The summed E-state index contributed by atoms with van der Waals surface area (Å²) in [6, 6.07) is 2.44. The van der Waals surface area contributed by atoms with Crippen LogP contribution in [0.1, 0.15) is 22.1 Å². The van der Waals surface area contributed by atoms with Crippen LogP contribution in [0.4, 0.5) is 10.1 Å². The number of halogens is 2. The molecule has 0 bridgehead atoms. The third kappa shape index (κ3) is 3.32. The quantitative estimate of drug-likeness (QED) is 0.826. The summed E-state index contributed by atoms with van der Waals surface area (Å²) in [7, 11) is 0. The van der Waals surface area contributed by atoms with Crippen molar-refractivity contribution in [3.8, 4) is 0 Å². The van der Waals surface area contributed by atoms with Crippen LogP contribution in [-0.4, -0.2) is 22.6 Å². The van der Waals surface area contributed by atoms with Crippen molar-refractivity contribution in [2.45, 2.75) is 13.3 Å². The van der Waals surface area contributed by atoms with Crippen LogP contribution in [0.3, 0.4) is 0 Å². The number of nitrogens with two attached hydrogens (primary N) is 1. The van der Waals surface area contributed by atoms with Gasteiger partial charge in [0.1, 0.15) is 5.82 Å². The van der Waals surface area contributed by atoms with Gasteiger partial charge >= 0.3 is 0 Å². The topological polar surface area (TPSA) is 94.0 Å². The van der Waals surface area contributed by atoms with E-state index in [9.17, 15) is 9.18 Å². The fourth-order valence-electron chi connectivity index (χ4n) is 1.56. The van der Waals surface area contributed by atoms with Crippen LogP contribution >= 0.6 is 15.9 Å². The molecular weight excluding hydrogens is 331 g/mol. The summed E-state index contributed by atoms with van der Waals surface area (Å²) in [6.07, 6.45) is 0.418. The van der Waals surface area contributed by atoms with E-state index < -0.39 is 5.82 Å². The average Bonchev–Trinajstić information content (AvgIpc) is 2.79. The van der Waals surface area contributed by atoms with E-state index in [0.29, 0.717) is 29.2 Å². The van der Waals surface area contributed by atoms with Gasteiger partial charge in [0, 0.05) is 17.4 Å². The van der Waals surface area contributed by atoms with E-state index in [4.69, 9.17) is 10.3 Å². The number of benzene rings is 1. The number of nitrogen functional groups attached to an aromatic ring is 1. The Morgan fingerprint density at radius 3 is 2.95 bits per heavy atom. The molecule has 8 heteroatoms. The molecule has 0 aliphatic rings. The zero-order valence-electron chi connectivity index (χ0n) is 10.6. The fourth-order valence-corrected chi connectivity index (χ4v) is 2.06. The van der Waals surface area contributed by atoms with Crippen LogP contribution in [0.25, 0.3) is 0 Å². The maximum absolute atomic E-state index is 13.2. The number of nitrogens with zero attached hydrogens (tertiary/aromatic N) is 2. The Kier molecular flexibility index (Phi) is 4.33. The molecule has 0 spiro atoms. The van der Waals surface area contributed by atoms with Gasteiger partial charge in [0.05, 0.1) is 11.3 Å². The number of hydrogen-bond acceptors (Lipinski definition) is 5. The number of amides is 1. The van der Waals surface area contributed by atoms with E-state index in [1.54, 1.807) is 6.92 Å². The maximum Gasteiger partial charge on any atom is 0.252 e. The molecule has 1 heterocycles. The lowest BCUT2D eigenvalue weighted by Gasteiger charge is -2.07. The Bertz CT molecular complexity index is 644. The molecule has 0 saturated carbocycles. The van der Waals surface area contributed by atoms with Crippen molar-refractivity contribution >= 4 is 27.5 Å². The highest BCUT2D eigenvalue weighted by atomic mass is 79.9. The molecule has 0 aliphatic carbocycles. The van der Waals surface area contributed by atoms with Crippen LogP contribution in [0.15, 0.2) is 21.1 Å². The molecule has 2 aromatic rings. The van der Waals surface area contributed by atoms with Crippen molar-refractivity contribution in [3.05, 3.63) is 39.7 Å². The molecule has 0 atom stereocenters. The third-order valence-corrected chi connectivity index (χ3v) is 3.18. The van der Waals surface area contributed by atoms with Crippen molar-refractivity contribution in [2.24, 2.45) is 0 Å². The van der Waals surface area contributed by atoms with Crippen molar-refractivity contribution in [1.29, 1.82) is 0 Å². The first-order chi connectivity index (χ1) is 9.47. The molecule has 0 radical (unpaired) electrons. The predicted molar refractivity (Wildman–Crippen MR) is 73.6 cm³/mol. The van der Waals surface area contributed by atoms with Gasteiger partial charge in [0.15, 0.2) is 5.82 Å². The van der Waals surface area contributed by atoms with Crippen LogP contribution in [0.5, 0.6) is 0 Å². The van der Waals surface area contributed by atoms with Gasteiger partial charge in [0.2, 0.25) is 5.89 Å². The van der Waals surface area contributed by atoms with Crippen molar-refractivity contribution in [1.82, 2.24) is 15.5 Å². The van der Waals surface area contributed by atoms with Gasteiger partial charge in [-0.2, -0.15) is 4.98 Å². The third-order valence-electron chi connectivity index (χ3n) is 2.53. The van der Waals surface area contributed by atoms with E-state index in [0.717, 1.165) is 6.07 Å². The smallest absolute Gasteiger partial charge is 0.252 e. The minimum Gasteiger partial charge on any atom is -0.396 e. The van der Waals surface area contributed by atoms with Crippen molar-refractivity contribution < 1.29 is 13.7 Å². The largest absolute Gasteiger partial charge is 0.396 e. The fraction of sp³-hybridized carbons (Fsp3) is 0.250. The zero-order valence-corrected chi connectivity index (χ0v) is 12.2. The van der Waals surface area contributed by atoms with E-state index in [1.807, 2.05) is 0 Å². The SMILES string of the molecule is Cc1noc(CCNC(=O)c2cc(N)c(F)cc2Br)n1. The lowest BCUT2D eigenvalue weighted by Crippen LogP contribution is -2.26. The number of anilines is 1. The molecule has 0 fully saturated rings. The Hall–Kier alpha value is -1.96. The molecular formula is C12H12BrFN4O2. The van der Waals surface area contributed by atoms with E-state index in [1.165, 1.54) is 6.07 Å². The van der Waals surface area contributed by atoms with Crippen LogP contribution in [0, 0.1) is 12.7 Å². The Morgan fingerprint density at radius 1 is 1.55 bits per heavy atom.